The minimum atomic E-state index is 0.666. The van der Waals surface area contributed by atoms with Crippen LogP contribution in [0.15, 0.2) is 36.5 Å². The number of pyridine rings is 1. The predicted octanol–water partition coefficient (Wildman–Crippen LogP) is 2.84. The third-order valence-electron chi connectivity index (χ3n) is 3.57. The van der Waals surface area contributed by atoms with Gasteiger partial charge in [-0.2, -0.15) is 0 Å². The molecule has 2 aromatic rings. The third kappa shape index (κ3) is 3.36. The van der Waals surface area contributed by atoms with Gasteiger partial charge in [0.25, 0.3) is 0 Å². The predicted molar refractivity (Wildman–Crippen MR) is 85.0 cm³/mol. The Kier molecular flexibility index (Phi) is 4.74. The molecule has 0 spiro atoms. The fourth-order valence-corrected chi connectivity index (χ4v) is 2.45. The Morgan fingerprint density at radius 2 is 1.90 bits per heavy atom. The molecule has 3 nitrogen and oxygen atoms in total. The molecule has 2 rings (SSSR count). The Morgan fingerprint density at radius 1 is 1.15 bits per heavy atom. The number of benzene rings is 1. The average Bonchev–Trinajstić information content (AvgIpc) is 2.42. The van der Waals surface area contributed by atoms with Crippen LogP contribution in [0, 0.1) is 13.8 Å². The van der Waals surface area contributed by atoms with Crippen LogP contribution in [0.3, 0.4) is 0 Å². The molecule has 0 bridgehead atoms. The van der Waals surface area contributed by atoms with E-state index < -0.39 is 0 Å². The van der Waals surface area contributed by atoms with Gasteiger partial charge in [-0.15, -0.1) is 0 Å². The molecule has 1 heterocycles. The third-order valence-corrected chi connectivity index (χ3v) is 3.57. The van der Waals surface area contributed by atoms with Crippen LogP contribution in [0.5, 0.6) is 0 Å². The first-order valence-electron chi connectivity index (χ1n) is 7.03. The zero-order valence-corrected chi connectivity index (χ0v) is 12.6. The Bertz CT molecular complexity index is 578. The number of rotatable bonds is 5. The van der Waals surface area contributed by atoms with Gasteiger partial charge in [0.05, 0.1) is 0 Å². The van der Waals surface area contributed by atoms with Crippen LogP contribution in [0.2, 0.25) is 0 Å². The number of nitrogens with two attached hydrogens (primary N) is 1. The lowest BCUT2D eigenvalue weighted by molar-refractivity contribution is 0.875. The molecule has 1 aromatic carbocycles. The Labute approximate surface area is 121 Å². The number of nitrogens with zero attached hydrogens (tertiary/aromatic N) is 2. The molecule has 0 amide bonds. The van der Waals surface area contributed by atoms with Crippen molar-refractivity contribution in [3.05, 3.63) is 58.8 Å². The molecule has 0 saturated heterocycles. The van der Waals surface area contributed by atoms with E-state index in [1.807, 2.05) is 6.20 Å². The summed E-state index contributed by atoms with van der Waals surface area (Å²) in [5, 5.41) is 0. The number of aromatic nitrogens is 1. The summed E-state index contributed by atoms with van der Waals surface area (Å²) in [6, 6.07) is 10.7. The number of anilines is 1. The van der Waals surface area contributed by atoms with Gasteiger partial charge in [0.2, 0.25) is 0 Å². The standard InChI is InChI=1S/C17H23N3/c1-13-6-4-5-7-16(13)12-20(3)17-14(2)10-15(8-9-18)11-19-17/h4-7,10-11H,8-9,12,18H2,1-3H3. The molecule has 1 aromatic heterocycles. The van der Waals surface area contributed by atoms with Crippen LogP contribution in [-0.2, 0) is 13.0 Å². The van der Waals surface area contributed by atoms with Gasteiger partial charge in [-0.05, 0) is 49.1 Å². The molecule has 0 fully saturated rings. The maximum absolute atomic E-state index is 5.59. The summed E-state index contributed by atoms with van der Waals surface area (Å²) in [5.41, 5.74) is 10.6. The molecule has 20 heavy (non-hydrogen) atoms. The van der Waals surface area contributed by atoms with Crippen molar-refractivity contribution in [1.82, 2.24) is 4.98 Å². The molecular formula is C17H23N3. The summed E-state index contributed by atoms with van der Waals surface area (Å²) in [4.78, 5) is 6.79. The van der Waals surface area contributed by atoms with Gasteiger partial charge in [0.1, 0.15) is 5.82 Å². The molecule has 0 unspecified atom stereocenters. The van der Waals surface area contributed by atoms with Gasteiger partial charge >= 0.3 is 0 Å². The second-order valence-corrected chi connectivity index (χ2v) is 5.31. The molecule has 0 aliphatic heterocycles. The summed E-state index contributed by atoms with van der Waals surface area (Å²) in [6.07, 6.45) is 2.82. The van der Waals surface area contributed by atoms with Crippen LogP contribution < -0.4 is 10.6 Å². The van der Waals surface area contributed by atoms with Crippen LogP contribution in [0.25, 0.3) is 0 Å². The van der Waals surface area contributed by atoms with E-state index in [2.05, 4.69) is 61.1 Å². The zero-order chi connectivity index (χ0) is 14.5. The van der Waals surface area contributed by atoms with Crippen molar-refractivity contribution >= 4 is 5.82 Å². The second-order valence-electron chi connectivity index (χ2n) is 5.31. The first-order valence-corrected chi connectivity index (χ1v) is 7.03. The zero-order valence-electron chi connectivity index (χ0n) is 12.6. The fraction of sp³-hybridized carbons (Fsp3) is 0.353. The number of hydrogen-bond acceptors (Lipinski definition) is 3. The van der Waals surface area contributed by atoms with E-state index in [9.17, 15) is 0 Å². The van der Waals surface area contributed by atoms with E-state index >= 15 is 0 Å². The van der Waals surface area contributed by atoms with E-state index in [0.29, 0.717) is 6.54 Å². The molecule has 3 heteroatoms. The number of hydrogen-bond donors (Lipinski definition) is 1. The van der Waals surface area contributed by atoms with Gasteiger partial charge in [0.15, 0.2) is 0 Å². The van der Waals surface area contributed by atoms with Crippen molar-refractivity contribution in [3.63, 3.8) is 0 Å². The van der Waals surface area contributed by atoms with E-state index in [1.54, 1.807) is 0 Å². The van der Waals surface area contributed by atoms with E-state index in [-0.39, 0.29) is 0 Å². The highest BCUT2D eigenvalue weighted by Crippen LogP contribution is 2.20. The van der Waals surface area contributed by atoms with Gasteiger partial charge in [-0.25, -0.2) is 4.98 Å². The van der Waals surface area contributed by atoms with E-state index in [4.69, 9.17) is 5.73 Å². The lowest BCUT2D eigenvalue weighted by atomic mass is 10.1. The summed E-state index contributed by atoms with van der Waals surface area (Å²) in [5.74, 6) is 1.04. The molecule has 2 N–H and O–H groups in total. The quantitative estimate of drug-likeness (QED) is 0.907. The minimum absolute atomic E-state index is 0.666. The van der Waals surface area contributed by atoms with Crippen molar-refractivity contribution in [1.29, 1.82) is 0 Å². The Balaban J connectivity index is 2.17. The smallest absolute Gasteiger partial charge is 0.131 e. The maximum Gasteiger partial charge on any atom is 0.131 e. The van der Waals surface area contributed by atoms with Crippen LogP contribution in [0.4, 0.5) is 5.82 Å². The van der Waals surface area contributed by atoms with Crippen molar-refractivity contribution in [2.24, 2.45) is 5.73 Å². The summed E-state index contributed by atoms with van der Waals surface area (Å²) in [6.45, 7) is 5.79. The van der Waals surface area contributed by atoms with E-state index in [1.165, 1.54) is 22.3 Å². The molecule has 0 atom stereocenters. The van der Waals surface area contributed by atoms with Crippen LogP contribution in [0.1, 0.15) is 22.3 Å². The molecule has 0 aliphatic rings. The summed E-state index contributed by atoms with van der Waals surface area (Å²) < 4.78 is 0. The van der Waals surface area contributed by atoms with Crippen LogP contribution in [-0.4, -0.2) is 18.6 Å². The average molecular weight is 269 g/mol. The van der Waals surface area contributed by atoms with Crippen molar-refractivity contribution in [2.75, 3.05) is 18.5 Å². The molecule has 0 saturated carbocycles. The Hall–Kier alpha value is -1.87. The van der Waals surface area contributed by atoms with Gasteiger partial charge in [-0.1, -0.05) is 30.3 Å². The van der Waals surface area contributed by atoms with Crippen LogP contribution >= 0.6 is 0 Å². The molecule has 106 valence electrons. The molecule has 0 aliphatic carbocycles. The lowest BCUT2D eigenvalue weighted by Crippen LogP contribution is -2.19. The van der Waals surface area contributed by atoms with Crippen molar-refractivity contribution in [3.8, 4) is 0 Å². The first kappa shape index (κ1) is 14.5. The lowest BCUT2D eigenvalue weighted by Gasteiger charge is -2.21. The van der Waals surface area contributed by atoms with Crippen molar-refractivity contribution < 1.29 is 0 Å². The molecular weight excluding hydrogens is 246 g/mol. The summed E-state index contributed by atoms with van der Waals surface area (Å²) >= 11 is 0. The highest BCUT2D eigenvalue weighted by molar-refractivity contribution is 5.47. The highest BCUT2D eigenvalue weighted by Gasteiger charge is 2.09. The Morgan fingerprint density at radius 3 is 2.55 bits per heavy atom. The van der Waals surface area contributed by atoms with Crippen molar-refractivity contribution in [2.45, 2.75) is 26.8 Å². The van der Waals surface area contributed by atoms with Gasteiger partial charge in [0, 0.05) is 19.8 Å². The number of aryl methyl sites for hydroxylation is 2. The fourth-order valence-electron chi connectivity index (χ4n) is 2.45. The SMILES string of the molecule is Cc1ccccc1CN(C)c1ncc(CCN)cc1C. The van der Waals surface area contributed by atoms with Gasteiger partial charge < -0.3 is 10.6 Å². The minimum Gasteiger partial charge on any atom is -0.355 e. The normalized spacial score (nSPS) is 10.6. The van der Waals surface area contributed by atoms with Gasteiger partial charge in [-0.3, -0.25) is 0 Å². The van der Waals surface area contributed by atoms with E-state index in [0.717, 1.165) is 18.8 Å². The maximum atomic E-state index is 5.59. The largest absolute Gasteiger partial charge is 0.355 e. The topological polar surface area (TPSA) is 42.2 Å². The second kappa shape index (κ2) is 6.53. The monoisotopic (exact) mass is 269 g/mol. The molecule has 0 radical (unpaired) electrons. The highest BCUT2D eigenvalue weighted by atomic mass is 15.2. The summed E-state index contributed by atoms with van der Waals surface area (Å²) in [7, 11) is 2.09. The first-order chi connectivity index (χ1) is 9.61.